The highest BCUT2D eigenvalue weighted by Crippen LogP contribution is 2.44. The minimum Gasteiger partial charge on any atom is -0.554 e. The molecular weight excluding hydrogens is 629 g/mol. The van der Waals surface area contributed by atoms with E-state index in [4.69, 9.17) is 14.6 Å². The summed E-state index contributed by atoms with van der Waals surface area (Å²) in [5, 5.41) is 24.6. The number of nitrogens with one attached hydrogen (secondary N) is 1. The van der Waals surface area contributed by atoms with E-state index in [1.165, 1.54) is 72.1 Å². The van der Waals surface area contributed by atoms with Crippen molar-refractivity contribution in [2.75, 3.05) is 38.2 Å². The summed E-state index contributed by atoms with van der Waals surface area (Å²) in [5.74, 6) is 0.194. The lowest BCUT2D eigenvalue weighted by Gasteiger charge is -2.49. The van der Waals surface area contributed by atoms with Crippen molar-refractivity contribution in [3.63, 3.8) is 0 Å². The van der Waals surface area contributed by atoms with Gasteiger partial charge in [0.25, 0.3) is 0 Å². The number of fused-ring (bicyclic) bond motifs is 4. The number of carbonyl (C=O) groups is 2. The van der Waals surface area contributed by atoms with Crippen molar-refractivity contribution in [2.45, 2.75) is 57.7 Å². The van der Waals surface area contributed by atoms with Gasteiger partial charge in [-0.2, -0.15) is 18.4 Å². The lowest BCUT2D eigenvalue weighted by molar-refractivity contribution is -0.942. The molecule has 1 unspecified atom stereocenters. The molecular formula is C34H37F3N6O5. The molecule has 4 aliphatic rings. The molecule has 2 bridgehead atoms. The number of aromatic amines is 1. The number of hydrogen-bond donors (Lipinski definition) is 1. The SMILES string of the molecule is COC(=O)C1=C(C)N(c2cccc(C(F)(F)F)c2)c2n[nH]c(=O)n2C1c1ccc(C#N)cc1CCCC[N+]12CCC(CC1)CC2.O=C[O-]. The molecule has 1 N–H and O–H groups in total. The molecule has 0 aliphatic carbocycles. The van der Waals surface area contributed by atoms with Gasteiger partial charge in [-0.05, 0) is 92.8 Å². The number of hydrogen-bond acceptors (Lipinski definition) is 8. The van der Waals surface area contributed by atoms with E-state index < -0.39 is 35.9 Å². The largest absolute Gasteiger partial charge is 0.554 e. The molecule has 5 heterocycles. The van der Waals surface area contributed by atoms with E-state index in [1.54, 1.807) is 25.1 Å². The Morgan fingerprint density at radius 3 is 2.48 bits per heavy atom. The molecule has 0 amide bonds. The van der Waals surface area contributed by atoms with Gasteiger partial charge < -0.3 is 19.1 Å². The summed E-state index contributed by atoms with van der Waals surface area (Å²) >= 11 is 0. The van der Waals surface area contributed by atoms with Crippen LogP contribution in [-0.4, -0.2) is 65.0 Å². The molecule has 48 heavy (non-hydrogen) atoms. The highest BCUT2D eigenvalue weighted by molar-refractivity contribution is 5.93. The zero-order valence-corrected chi connectivity index (χ0v) is 26.8. The molecule has 3 saturated heterocycles. The second kappa shape index (κ2) is 14.1. The van der Waals surface area contributed by atoms with Gasteiger partial charge in [0.2, 0.25) is 5.95 Å². The summed E-state index contributed by atoms with van der Waals surface area (Å²) in [6.07, 6.45) is 1.79. The minimum absolute atomic E-state index is 0.0362. The van der Waals surface area contributed by atoms with Gasteiger partial charge in [-0.1, -0.05) is 12.1 Å². The number of quaternary nitrogens is 1. The van der Waals surface area contributed by atoms with Crippen LogP contribution in [0.25, 0.3) is 0 Å². The summed E-state index contributed by atoms with van der Waals surface area (Å²) in [5.41, 5.74) is 0.828. The molecule has 4 aliphatic heterocycles. The van der Waals surface area contributed by atoms with Crippen LogP contribution in [0.15, 0.2) is 58.5 Å². The fraction of sp³-hybridized carbons (Fsp3) is 0.441. The summed E-state index contributed by atoms with van der Waals surface area (Å²) in [6, 6.07) is 11.0. The Morgan fingerprint density at radius 2 is 1.85 bits per heavy atom. The molecule has 1 atom stereocenters. The van der Waals surface area contributed by atoms with E-state index in [0.717, 1.165) is 43.0 Å². The number of benzene rings is 2. The Kier molecular flexibility index (Phi) is 10.1. The van der Waals surface area contributed by atoms with Gasteiger partial charge in [0.15, 0.2) is 0 Å². The van der Waals surface area contributed by atoms with Crippen LogP contribution in [0.1, 0.15) is 67.3 Å². The summed E-state index contributed by atoms with van der Waals surface area (Å²) < 4.78 is 48.6. The van der Waals surface area contributed by atoms with Crippen molar-refractivity contribution in [1.82, 2.24) is 14.8 Å². The molecule has 7 rings (SSSR count). The predicted octanol–water partition coefficient (Wildman–Crippen LogP) is 3.97. The number of ether oxygens (including phenoxy) is 1. The number of methoxy groups -OCH3 is 1. The fourth-order valence-electron chi connectivity index (χ4n) is 7.47. The molecule has 0 saturated carbocycles. The highest BCUT2D eigenvalue weighted by atomic mass is 19.4. The number of halogens is 3. The maximum Gasteiger partial charge on any atom is 0.416 e. The van der Waals surface area contributed by atoms with Crippen LogP contribution in [0.3, 0.4) is 0 Å². The number of esters is 1. The Morgan fingerprint density at radius 1 is 1.17 bits per heavy atom. The number of anilines is 2. The molecule has 2 aromatic carbocycles. The Hall–Kier alpha value is -4.90. The van der Waals surface area contributed by atoms with E-state index in [2.05, 4.69) is 16.3 Å². The number of allylic oxidation sites excluding steroid dienone is 1. The number of alkyl halides is 3. The molecule has 14 heteroatoms. The number of carboxylic acid groups (broad SMARTS) is 1. The zero-order chi connectivity index (χ0) is 34.6. The van der Waals surface area contributed by atoms with Crippen LogP contribution in [0.5, 0.6) is 0 Å². The van der Waals surface area contributed by atoms with E-state index in [1.807, 2.05) is 0 Å². The first-order valence-electron chi connectivity index (χ1n) is 15.8. The van der Waals surface area contributed by atoms with Gasteiger partial charge >= 0.3 is 17.8 Å². The van der Waals surface area contributed by atoms with E-state index in [-0.39, 0.29) is 22.9 Å². The summed E-state index contributed by atoms with van der Waals surface area (Å²) in [6.45, 7) is 5.92. The van der Waals surface area contributed by atoms with Crippen LogP contribution in [0.4, 0.5) is 24.8 Å². The topological polar surface area (TPSA) is 144 Å². The third-order valence-corrected chi connectivity index (χ3v) is 9.91. The first kappa shape index (κ1) is 34.4. The molecule has 3 aromatic rings. The van der Waals surface area contributed by atoms with E-state index in [9.17, 15) is 28.0 Å². The van der Waals surface area contributed by atoms with Crippen molar-refractivity contribution in [1.29, 1.82) is 5.26 Å². The van der Waals surface area contributed by atoms with Crippen LogP contribution in [-0.2, 0) is 26.9 Å². The molecule has 11 nitrogen and oxygen atoms in total. The van der Waals surface area contributed by atoms with Crippen molar-refractivity contribution in [3.05, 3.63) is 86.5 Å². The van der Waals surface area contributed by atoms with E-state index >= 15 is 0 Å². The quantitative estimate of drug-likeness (QED) is 0.165. The number of unbranched alkanes of at least 4 members (excludes halogenated alkanes) is 1. The smallest absolute Gasteiger partial charge is 0.416 e. The number of carbonyl (C=O) groups excluding carboxylic acids is 2. The fourth-order valence-corrected chi connectivity index (χ4v) is 7.47. The van der Waals surface area contributed by atoms with Gasteiger partial charge in [0.1, 0.15) is 6.04 Å². The third-order valence-electron chi connectivity index (χ3n) is 9.91. The van der Waals surface area contributed by atoms with Crippen molar-refractivity contribution < 1.29 is 37.1 Å². The van der Waals surface area contributed by atoms with Gasteiger partial charge in [-0.3, -0.25) is 4.90 Å². The van der Waals surface area contributed by atoms with Crippen LogP contribution in [0, 0.1) is 17.2 Å². The maximum absolute atomic E-state index is 13.7. The van der Waals surface area contributed by atoms with Gasteiger partial charge in [0, 0.05) is 17.9 Å². The number of H-pyrrole nitrogens is 1. The summed E-state index contributed by atoms with van der Waals surface area (Å²) in [7, 11) is 1.22. The Bertz CT molecular complexity index is 1790. The van der Waals surface area contributed by atoms with Crippen molar-refractivity contribution >= 4 is 24.1 Å². The second-order valence-electron chi connectivity index (χ2n) is 12.5. The maximum atomic E-state index is 13.7. The van der Waals surface area contributed by atoms with Crippen molar-refractivity contribution in [2.24, 2.45) is 5.92 Å². The molecule has 0 spiro atoms. The van der Waals surface area contributed by atoms with Crippen LogP contribution >= 0.6 is 0 Å². The van der Waals surface area contributed by atoms with Crippen molar-refractivity contribution in [3.8, 4) is 6.07 Å². The monoisotopic (exact) mass is 666 g/mol. The molecule has 0 radical (unpaired) electrons. The minimum atomic E-state index is -4.60. The third kappa shape index (κ3) is 6.73. The van der Waals surface area contributed by atoms with E-state index in [0.29, 0.717) is 17.5 Å². The zero-order valence-electron chi connectivity index (χ0n) is 26.8. The Labute approximate surface area is 275 Å². The van der Waals surface area contributed by atoms with Gasteiger partial charge in [-0.15, -0.1) is 5.10 Å². The van der Waals surface area contributed by atoms with Crippen LogP contribution < -0.4 is 15.7 Å². The molecule has 1 aromatic heterocycles. The predicted molar refractivity (Wildman–Crippen MR) is 167 cm³/mol. The van der Waals surface area contributed by atoms with Crippen LogP contribution in [0.2, 0.25) is 0 Å². The Balaban J connectivity index is 0.00000145. The highest BCUT2D eigenvalue weighted by Gasteiger charge is 2.42. The number of aryl methyl sites for hydroxylation is 1. The number of rotatable bonds is 8. The first-order valence-corrected chi connectivity index (χ1v) is 15.8. The van der Waals surface area contributed by atoms with Gasteiger partial charge in [0.05, 0.1) is 56.1 Å². The van der Waals surface area contributed by atoms with Gasteiger partial charge in [-0.25, -0.2) is 19.3 Å². The number of aromatic nitrogens is 3. The molecule has 254 valence electrons. The normalized spacial score (nSPS) is 21.5. The number of nitriles is 1. The average Bonchev–Trinajstić information content (AvgIpc) is 3.47. The first-order chi connectivity index (χ1) is 23.0. The molecule has 3 fully saturated rings. The lowest BCUT2D eigenvalue weighted by atomic mass is 9.85. The number of nitrogens with zero attached hydrogens (tertiary/aromatic N) is 5. The summed E-state index contributed by atoms with van der Waals surface area (Å²) in [4.78, 5) is 36.4. The number of piperidine rings is 3. The lowest BCUT2D eigenvalue weighted by Crippen LogP contribution is -2.58. The average molecular weight is 667 g/mol. The standard InChI is InChI=1S/C33H35F3N6O3.CH2O2/c1-21-28(30(43)45-2)29(41-31(38-39-32(41)44)40(21)26-8-5-7-25(19-26)33(34,35)36)27-10-9-23(20-37)18-24(27)6-3-4-14-42-15-11-22(12-16-42)13-17-42;2-1-3/h5,7-10,18-19,22,29H,3-4,6,11-17H2,1-2H3;1H,(H,2,3). The second-order valence-corrected chi connectivity index (χ2v) is 12.5.